The molecule has 1 amide bonds. The molecule has 0 aliphatic carbocycles. The van der Waals surface area contributed by atoms with Crippen molar-refractivity contribution in [1.29, 1.82) is 0 Å². The van der Waals surface area contributed by atoms with Crippen molar-refractivity contribution in [3.8, 4) is 0 Å². The molecule has 1 aromatic heterocycles. The number of carbonyl (C=O) groups is 1. The third-order valence-electron chi connectivity index (χ3n) is 6.75. The first-order chi connectivity index (χ1) is 18.9. The number of hydroxylamine groups is 1. The number of nitrogens with one attached hydrogen (secondary N) is 2. The molecule has 1 aliphatic heterocycles. The summed E-state index contributed by atoms with van der Waals surface area (Å²) in [7, 11) is 2.03. The van der Waals surface area contributed by atoms with Gasteiger partial charge in [0.2, 0.25) is 5.96 Å². The van der Waals surface area contributed by atoms with Gasteiger partial charge in [0.1, 0.15) is 11.4 Å². The average Bonchev–Trinajstić information content (AvgIpc) is 2.94. The molecule has 0 radical (unpaired) electrons. The van der Waals surface area contributed by atoms with E-state index in [4.69, 9.17) is 4.98 Å². The number of para-hydroxylation sites is 2. The Hall–Kier alpha value is -4.25. The maximum Gasteiger partial charge on any atom is 0.253 e. The normalized spacial score (nSPS) is 14.2. The summed E-state index contributed by atoms with van der Waals surface area (Å²) in [5.41, 5.74) is 6.70. The highest BCUT2D eigenvalue weighted by Gasteiger charge is 2.25. The van der Waals surface area contributed by atoms with Crippen LogP contribution in [0.15, 0.2) is 71.7 Å². The summed E-state index contributed by atoms with van der Waals surface area (Å²) in [5, 5.41) is 27.5. The Morgan fingerprint density at radius 2 is 1.79 bits per heavy atom. The minimum absolute atomic E-state index is 0.120. The fourth-order valence-electron chi connectivity index (χ4n) is 4.67. The molecule has 10 nitrogen and oxygen atoms in total. The van der Waals surface area contributed by atoms with Crippen molar-refractivity contribution in [2.24, 2.45) is 4.99 Å². The molecule has 5 rings (SSSR count). The van der Waals surface area contributed by atoms with Gasteiger partial charge in [0.05, 0.1) is 16.6 Å². The van der Waals surface area contributed by atoms with E-state index in [-0.39, 0.29) is 11.9 Å². The molecule has 0 bridgehead atoms. The minimum Gasteiger partial charge on any atom is -0.352 e. The van der Waals surface area contributed by atoms with Crippen LogP contribution in [0.2, 0.25) is 0 Å². The minimum atomic E-state index is -0.120. The molecule has 0 saturated heterocycles. The number of nitrogens with zero attached hydrogens (tertiary/aromatic N) is 5. The SMILES string of the molecule is Cc1ccc2c(c1)N(O)C(=NCCCN(C)CCCNC(=O)c1cccc3cc4ccccc4nc13)NN2O. The van der Waals surface area contributed by atoms with E-state index in [1.54, 1.807) is 12.1 Å². The molecular weight excluding hydrogens is 494 g/mol. The molecule has 202 valence electrons. The largest absolute Gasteiger partial charge is 0.352 e. The Morgan fingerprint density at radius 1 is 1.00 bits per heavy atom. The van der Waals surface area contributed by atoms with Crippen LogP contribution in [-0.4, -0.2) is 65.4 Å². The number of hydrogen-bond donors (Lipinski definition) is 4. The third-order valence-corrected chi connectivity index (χ3v) is 6.75. The molecule has 3 aromatic carbocycles. The Kier molecular flexibility index (Phi) is 7.87. The number of carbonyl (C=O) groups excluding carboxylic acids is 1. The molecule has 1 aliphatic rings. The average molecular weight is 528 g/mol. The number of aliphatic imine (C=N–C) groups is 1. The molecule has 0 spiro atoms. The zero-order valence-electron chi connectivity index (χ0n) is 22.1. The van der Waals surface area contributed by atoms with E-state index in [1.165, 1.54) is 0 Å². The van der Waals surface area contributed by atoms with Crippen molar-refractivity contribution in [3.05, 3.63) is 77.9 Å². The molecule has 39 heavy (non-hydrogen) atoms. The van der Waals surface area contributed by atoms with Crippen molar-refractivity contribution < 1.29 is 15.2 Å². The molecule has 0 atom stereocenters. The molecule has 4 aromatic rings. The van der Waals surface area contributed by atoms with Gasteiger partial charge in [-0.1, -0.05) is 36.4 Å². The molecule has 0 unspecified atom stereocenters. The number of fused-ring (bicyclic) bond motifs is 3. The lowest BCUT2D eigenvalue weighted by atomic mass is 10.1. The molecule has 0 saturated carbocycles. The van der Waals surface area contributed by atoms with Gasteiger partial charge in [0.15, 0.2) is 0 Å². The van der Waals surface area contributed by atoms with Crippen molar-refractivity contribution in [3.63, 3.8) is 0 Å². The highest BCUT2D eigenvalue weighted by atomic mass is 16.6. The summed E-state index contributed by atoms with van der Waals surface area (Å²) in [6.45, 7) is 4.56. The highest BCUT2D eigenvalue weighted by Crippen LogP contribution is 2.31. The predicted octanol–water partition coefficient (Wildman–Crippen LogP) is 4.10. The van der Waals surface area contributed by atoms with E-state index in [0.29, 0.717) is 35.5 Å². The second-order valence-corrected chi connectivity index (χ2v) is 9.76. The number of amides is 1. The van der Waals surface area contributed by atoms with Crippen LogP contribution in [0, 0.1) is 6.92 Å². The van der Waals surface area contributed by atoms with E-state index in [0.717, 1.165) is 58.0 Å². The molecule has 4 N–H and O–H groups in total. The molecular formula is C29H33N7O3. The van der Waals surface area contributed by atoms with Gasteiger partial charge in [-0.3, -0.25) is 15.2 Å². The van der Waals surface area contributed by atoms with Crippen LogP contribution >= 0.6 is 0 Å². The monoisotopic (exact) mass is 527 g/mol. The lowest BCUT2D eigenvalue weighted by Gasteiger charge is -2.33. The van der Waals surface area contributed by atoms with Crippen LogP contribution < -0.4 is 21.0 Å². The number of benzene rings is 3. The summed E-state index contributed by atoms with van der Waals surface area (Å²) in [6, 6.07) is 21.0. The zero-order valence-corrected chi connectivity index (χ0v) is 22.1. The second kappa shape index (κ2) is 11.6. The lowest BCUT2D eigenvalue weighted by molar-refractivity contribution is 0.0953. The first-order valence-electron chi connectivity index (χ1n) is 13.1. The number of hydrazine groups is 1. The van der Waals surface area contributed by atoms with E-state index < -0.39 is 0 Å². The fourth-order valence-corrected chi connectivity index (χ4v) is 4.67. The number of aromatic nitrogens is 1. The number of rotatable bonds is 9. The maximum atomic E-state index is 12.9. The molecule has 2 heterocycles. The number of hydrogen-bond acceptors (Lipinski definition) is 7. The van der Waals surface area contributed by atoms with Crippen molar-refractivity contribution in [2.45, 2.75) is 19.8 Å². The van der Waals surface area contributed by atoms with Gasteiger partial charge in [-0.05, 0) is 75.8 Å². The number of pyridine rings is 1. The highest BCUT2D eigenvalue weighted by molar-refractivity contribution is 6.07. The summed E-state index contributed by atoms with van der Waals surface area (Å²) < 4.78 is 0. The van der Waals surface area contributed by atoms with Gasteiger partial charge in [0, 0.05) is 23.9 Å². The van der Waals surface area contributed by atoms with Gasteiger partial charge in [0.25, 0.3) is 5.91 Å². The van der Waals surface area contributed by atoms with Crippen LogP contribution in [0.4, 0.5) is 11.4 Å². The van der Waals surface area contributed by atoms with Gasteiger partial charge in [-0.25, -0.2) is 15.4 Å². The molecule has 0 fully saturated rings. The Labute approximate surface area is 227 Å². The van der Waals surface area contributed by atoms with Crippen molar-refractivity contribution in [2.75, 3.05) is 43.5 Å². The Balaban J connectivity index is 1.07. The van der Waals surface area contributed by atoms with Gasteiger partial charge >= 0.3 is 0 Å². The third kappa shape index (κ3) is 5.93. The Bertz CT molecular complexity index is 1520. The number of anilines is 2. The van der Waals surface area contributed by atoms with Crippen LogP contribution in [0.25, 0.3) is 21.8 Å². The summed E-state index contributed by atoms with van der Waals surface area (Å²) in [4.78, 5) is 24.2. The quantitative estimate of drug-likeness (QED) is 0.190. The standard InChI is InChI=1S/C29H33N7O3/c1-20-12-13-25-26(18-20)35(38)29(33-36(25)39)31-15-7-17-34(2)16-6-14-30-28(37)23-10-5-9-22-19-21-8-3-4-11-24(21)32-27(22)23/h3-5,8-13,18-19,38-39H,6-7,14-17H2,1-2H3,(H,30,37)(H,31,33). The topological polar surface area (TPSA) is 117 Å². The van der Waals surface area contributed by atoms with Crippen LogP contribution in [0.1, 0.15) is 28.8 Å². The van der Waals surface area contributed by atoms with E-state index in [2.05, 4.69) is 26.7 Å². The predicted molar refractivity (Wildman–Crippen MR) is 153 cm³/mol. The maximum absolute atomic E-state index is 12.9. The fraction of sp³-hybridized carbons (Fsp3) is 0.276. The number of aryl methyl sites for hydroxylation is 1. The summed E-state index contributed by atoms with van der Waals surface area (Å²) >= 11 is 0. The Morgan fingerprint density at radius 3 is 2.67 bits per heavy atom. The smallest absolute Gasteiger partial charge is 0.253 e. The van der Waals surface area contributed by atoms with E-state index >= 15 is 0 Å². The number of guanidine groups is 1. The molecule has 10 heteroatoms. The van der Waals surface area contributed by atoms with Crippen LogP contribution in [-0.2, 0) is 0 Å². The zero-order chi connectivity index (χ0) is 27.4. The van der Waals surface area contributed by atoms with Gasteiger partial charge < -0.3 is 10.2 Å². The van der Waals surface area contributed by atoms with Crippen molar-refractivity contribution >= 4 is 45.0 Å². The van der Waals surface area contributed by atoms with Gasteiger partial charge in [-0.15, -0.1) is 0 Å². The van der Waals surface area contributed by atoms with Crippen LogP contribution in [0.3, 0.4) is 0 Å². The van der Waals surface area contributed by atoms with Crippen LogP contribution in [0.5, 0.6) is 0 Å². The first kappa shape index (κ1) is 26.4. The first-order valence-corrected chi connectivity index (χ1v) is 13.1. The summed E-state index contributed by atoms with van der Waals surface area (Å²) in [6.07, 6.45) is 1.57. The van der Waals surface area contributed by atoms with Crippen molar-refractivity contribution in [1.82, 2.24) is 20.6 Å². The second-order valence-electron chi connectivity index (χ2n) is 9.76. The van der Waals surface area contributed by atoms with E-state index in [9.17, 15) is 15.2 Å². The lowest BCUT2D eigenvalue weighted by Crippen LogP contribution is -2.52. The summed E-state index contributed by atoms with van der Waals surface area (Å²) in [5.74, 6) is 0.0435. The van der Waals surface area contributed by atoms with E-state index in [1.807, 2.05) is 62.5 Å². The van der Waals surface area contributed by atoms with Gasteiger partial charge in [-0.2, -0.15) is 10.2 Å².